The summed E-state index contributed by atoms with van der Waals surface area (Å²) in [7, 11) is -3.82. The van der Waals surface area contributed by atoms with Gasteiger partial charge in [0.25, 0.3) is 5.69 Å². The van der Waals surface area contributed by atoms with E-state index in [-0.39, 0.29) is 48.5 Å². The van der Waals surface area contributed by atoms with Crippen molar-refractivity contribution >= 4 is 39.1 Å². The number of rotatable bonds is 6. The third-order valence-corrected chi connectivity index (χ3v) is 8.04. The fourth-order valence-corrected chi connectivity index (χ4v) is 5.58. The predicted molar refractivity (Wildman–Crippen MR) is 119 cm³/mol. The quantitative estimate of drug-likeness (QED) is 0.343. The molecule has 0 N–H and O–H groups in total. The second-order valence-corrected chi connectivity index (χ2v) is 10.2. The standard InChI is InChI=1S/C21H21ClN4O6S/c22-16-3-1-15(2-4-16)14-25-20(27)13-19(21(25)28)23-9-11-24(12-10-23)33(31,32)18-7-5-17(6-8-18)26(29)30/h1-8,19H,9-14H2/t19-/m1/s1. The molecular weight excluding hydrogens is 472 g/mol. The van der Waals surface area contributed by atoms with E-state index < -0.39 is 21.0 Å². The molecule has 12 heteroatoms. The lowest BCUT2D eigenvalue weighted by molar-refractivity contribution is -0.384. The summed E-state index contributed by atoms with van der Waals surface area (Å²) < 4.78 is 27.1. The molecule has 2 amide bonds. The Morgan fingerprint density at radius 3 is 2.15 bits per heavy atom. The molecule has 0 radical (unpaired) electrons. The van der Waals surface area contributed by atoms with Crippen LogP contribution in [-0.2, 0) is 26.2 Å². The molecular formula is C21H21ClN4O6S. The van der Waals surface area contributed by atoms with Gasteiger partial charge in [-0.1, -0.05) is 23.7 Å². The van der Waals surface area contributed by atoms with E-state index in [1.165, 1.54) is 21.3 Å². The highest BCUT2D eigenvalue weighted by molar-refractivity contribution is 7.89. The molecule has 0 saturated carbocycles. The van der Waals surface area contributed by atoms with Gasteiger partial charge in [0.15, 0.2) is 0 Å². The number of piperazine rings is 1. The smallest absolute Gasteiger partial charge is 0.269 e. The number of non-ortho nitro benzene ring substituents is 1. The van der Waals surface area contributed by atoms with Gasteiger partial charge in [-0.15, -0.1) is 0 Å². The van der Waals surface area contributed by atoms with Crippen molar-refractivity contribution in [2.75, 3.05) is 26.2 Å². The van der Waals surface area contributed by atoms with Crippen molar-refractivity contribution in [2.45, 2.75) is 23.9 Å². The molecule has 0 bridgehead atoms. The van der Waals surface area contributed by atoms with Crippen molar-refractivity contribution < 1.29 is 22.9 Å². The average molecular weight is 493 g/mol. The van der Waals surface area contributed by atoms with Gasteiger partial charge in [-0.3, -0.25) is 29.5 Å². The minimum absolute atomic E-state index is 0.0252. The van der Waals surface area contributed by atoms with Gasteiger partial charge in [0.1, 0.15) is 0 Å². The maximum atomic E-state index is 12.9. The predicted octanol–water partition coefficient (Wildman–Crippen LogP) is 1.88. The fraction of sp³-hybridized carbons (Fsp3) is 0.333. The number of halogens is 1. The van der Waals surface area contributed by atoms with Crippen LogP contribution in [0.3, 0.4) is 0 Å². The summed E-state index contributed by atoms with van der Waals surface area (Å²) in [6.45, 7) is 1.05. The van der Waals surface area contributed by atoms with Crippen LogP contribution in [-0.4, -0.2) is 71.5 Å². The van der Waals surface area contributed by atoms with Gasteiger partial charge in [-0.25, -0.2) is 8.42 Å². The summed E-state index contributed by atoms with van der Waals surface area (Å²) in [4.78, 5) is 38.7. The summed E-state index contributed by atoms with van der Waals surface area (Å²) in [5, 5.41) is 11.4. The Balaban J connectivity index is 1.39. The number of likely N-dealkylation sites (tertiary alicyclic amines) is 1. The number of imide groups is 1. The minimum Gasteiger partial charge on any atom is -0.289 e. The Morgan fingerprint density at radius 1 is 0.970 bits per heavy atom. The van der Waals surface area contributed by atoms with Gasteiger partial charge in [-0.2, -0.15) is 4.31 Å². The maximum Gasteiger partial charge on any atom is 0.269 e. The number of amides is 2. The normalized spacial score (nSPS) is 20.4. The van der Waals surface area contributed by atoms with Crippen LogP contribution in [0.4, 0.5) is 5.69 Å². The second-order valence-electron chi connectivity index (χ2n) is 7.86. The van der Waals surface area contributed by atoms with Gasteiger partial charge in [0.2, 0.25) is 21.8 Å². The van der Waals surface area contributed by atoms with Crippen LogP contribution in [0.25, 0.3) is 0 Å². The van der Waals surface area contributed by atoms with Crippen LogP contribution in [0.5, 0.6) is 0 Å². The lowest BCUT2D eigenvalue weighted by atomic mass is 10.2. The lowest BCUT2D eigenvalue weighted by Crippen LogP contribution is -2.53. The summed E-state index contributed by atoms with van der Waals surface area (Å²) in [6, 6.07) is 11.0. The molecule has 2 aromatic carbocycles. The summed E-state index contributed by atoms with van der Waals surface area (Å²) in [5.41, 5.74) is 0.604. The van der Waals surface area contributed by atoms with E-state index in [1.807, 2.05) is 4.90 Å². The van der Waals surface area contributed by atoms with Crippen LogP contribution in [0, 0.1) is 10.1 Å². The number of hydrogen-bond acceptors (Lipinski definition) is 7. The summed E-state index contributed by atoms with van der Waals surface area (Å²) >= 11 is 5.88. The first-order valence-corrected chi connectivity index (χ1v) is 12.1. The highest BCUT2D eigenvalue weighted by atomic mass is 35.5. The third kappa shape index (κ3) is 4.76. The maximum absolute atomic E-state index is 12.9. The molecule has 4 rings (SSSR count). The number of benzene rings is 2. The lowest BCUT2D eigenvalue weighted by Gasteiger charge is -2.36. The van der Waals surface area contributed by atoms with Crippen molar-refractivity contribution in [1.29, 1.82) is 0 Å². The van der Waals surface area contributed by atoms with Crippen LogP contribution >= 0.6 is 11.6 Å². The van der Waals surface area contributed by atoms with Crippen molar-refractivity contribution in [1.82, 2.24) is 14.1 Å². The van der Waals surface area contributed by atoms with E-state index in [2.05, 4.69) is 0 Å². The molecule has 33 heavy (non-hydrogen) atoms. The fourth-order valence-electron chi connectivity index (χ4n) is 4.03. The molecule has 2 aliphatic rings. The molecule has 0 unspecified atom stereocenters. The summed E-state index contributed by atoms with van der Waals surface area (Å²) in [6.07, 6.45) is 0.0571. The topological polar surface area (TPSA) is 121 Å². The largest absolute Gasteiger partial charge is 0.289 e. The number of carbonyl (C=O) groups is 2. The zero-order chi connectivity index (χ0) is 23.8. The van der Waals surface area contributed by atoms with E-state index in [4.69, 9.17) is 11.6 Å². The number of nitro benzene ring substituents is 1. The zero-order valence-corrected chi connectivity index (χ0v) is 19.0. The van der Waals surface area contributed by atoms with E-state index in [1.54, 1.807) is 24.3 Å². The van der Waals surface area contributed by atoms with Crippen molar-refractivity contribution in [3.8, 4) is 0 Å². The van der Waals surface area contributed by atoms with Gasteiger partial charge >= 0.3 is 0 Å². The molecule has 174 valence electrons. The Labute approximate surface area is 195 Å². The molecule has 2 aromatic rings. The second kappa shape index (κ2) is 9.18. The third-order valence-electron chi connectivity index (χ3n) is 5.87. The Morgan fingerprint density at radius 2 is 1.58 bits per heavy atom. The van der Waals surface area contributed by atoms with Gasteiger partial charge in [-0.05, 0) is 29.8 Å². The molecule has 2 heterocycles. The number of nitro groups is 1. The van der Waals surface area contributed by atoms with Gasteiger partial charge in [0, 0.05) is 43.3 Å². The highest BCUT2D eigenvalue weighted by Gasteiger charge is 2.43. The summed E-state index contributed by atoms with van der Waals surface area (Å²) in [5.74, 6) is -0.553. The monoisotopic (exact) mass is 492 g/mol. The number of carbonyl (C=O) groups excluding carboxylic acids is 2. The van der Waals surface area contributed by atoms with E-state index >= 15 is 0 Å². The molecule has 2 fully saturated rings. The van der Waals surface area contributed by atoms with Crippen molar-refractivity contribution in [2.24, 2.45) is 0 Å². The Hall–Kier alpha value is -2.86. The number of sulfonamides is 1. The van der Waals surface area contributed by atoms with E-state index in [0.29, 0.717) is 18.1 Å². The molecule has 1 atom stereocenters. The first-order valence-electron chi connectivity index (χ1n) is 10.2. The molecule has 0 aromatic heterocycles. The minimum atomic E-state index is -3.82. The number of hydrogen-bond donors (Lipinski definition) is 0. The Bertz CT molecular complexity index is 1180. The van der Waals surface area contributed by atoms with Crippen LogP contribution < -0.4 is 0 Å². The molecule has 0 aliphatic carbocycles. The average Bonchev–Trinajstić information content (AvgIpc) is 3.09. The molecule has 0 spiro atoms. The van der Waals surface area contributed by atoms with E-state index in [9.17, 15) is 28.1 Å². The van der Waals surface area contributed by atoms with Gasteiger partial charge < -0.3 is 0 Å². The van der Waals surface area contributed by atoms with Crippen LogP contribution in [0.2, 0.25) is 5.02 Å². The molecule has 2 aliphatic heterocycles. The van der Waals surface area contributed by atoms with Gasteiger partial charge in [0.05, 0.1) is 28.8 Å². The Kier molecular flexibility index (Phi) is 6.48. The number of nitrogens with zero attached hydrogens (tertiary/aromatic N) is 4. The SMILES string of the molecule is O=C1C[C@@H](N2CCN(S(=O)(=O)c3ccc([N+](=O)[O-])cc3)CC2)C(=O)N1Cc1ccc(Cl)cc1. The van der Waals surface area contributed by atoms with Crippen molar-refractivity contribution in [3.05, 3.63) is 69.2 Å². The zero-order valence-electron chi connectivity index (χ0n) is 17.5. The van der Waals surface area contributed by atoms with Crippen LogP contribution in [0.15, 0.2) is 53.4 Å². The van der Waals surface area contributed by atoms with Crippen LogP contribution in [0.1, 0.15) is 12.0 Å². The van der Waals surface area contributed by atoms with E-state index in [0.717, 1.165) is 17.7 Å². The first kappa shape index (κ1) is 23.3. The first-order chi connectivity index (χ1) is 15.7. The highest BCUT2D eigenvalue weighted by Crippen LogP contribution is 2.25. The van der Waals surface area contributed by atoms with Crippen molar-refractivity contribution in [3.63, 3.8) is 0 Å². The molecule has 10 nitrogen and oxygen atoms in total. The molecule has 2 saturated heterocycles.